The summed E-state index contributed by atoms with van der Waals surface area (Å²) in [6.07, 6.45) is 0. The van der Waals surface area contributed by atoms with E-state index in [9.17, 15) is 0 Å². The van der Waals surface area contributed by atoms with Gasteiger partial charge in [-0.3, -0.25) is 0 Å². The zero-order chi connectivity index (χ0) is 31.7. The van der Waals surface area contributed by atoms with Crippen molar-refractivity contribution in [3.63, 3.8) is 0 Å². The van der Waals surface area contributed by atoms with Crippen molar-refractivity contribution in [1.29, 1.82) is 0 Å². The van der Waals surface area contributed by atoms with Gasteiger partial charge < -0.3 is 13.7 Å². The van der Waals surface area contributed by atoms with Crippen LogP contribution in [0.3, 0.4) is 0 Å². The molecule has 0 unspecified atom stereocenters. The van der Waals surface area contributed by atoms with Crippen molar-refractivity contribution in [3.8, 4) is 11.1 Å². The van der Waals surface area contributed by atoms with Crippen LogP contribution in [0.4, 0.5) is 17.1 Å². The Balaban J connectivity index is 1.44. The minimum atomic E-state index is -0.0727. The molecule has 9 rings (SSSR count). The largest absolute Gasteiger partial charge is 0.455 e. The molecule has 0 atom stereocenters. The zero-order valence-electron chi connectivity index (χ0n) is 26.6. The maximum absolute atomic E-state index is 7.01. The van der Waals surface area contributed by atoms with Crippen molar-refractivity contribution < 1.29 is 8.83 Å². The minimum Gasteiger partial charge on any atom is -0.455 e. The number of para-hydroxylation sites is 4. The number of anilines is 3. The molecule has 7 aromatic carbocycles. The van der Waals surface area contributed by atoms with Crippen LogP contribution in [0, 0.1) is 0 Å². The summed E-state index contributed by atoms with van der Waals surface area (Å²) in [5.41, 5.74) is 10.1. The van der Waals surface area contributed by atoms with E-state index in [-0.39, 0.29) is 5.41 Å². The van der Waals surface area contributed by atoms with Crippen LogP contribution in [0.2, 0.25) is 0 Å². The third kappa shape index (κ3) is 4.27. The summed E-state index contributed by atoms with van der Waals surface area (Å²) in [6, 6.07) is 51.5. The lowest BCUT2D eigenvalue weighted by atomic mass is 9.86. The average molecular weight is 608 g/mol. The summed E-state index contributed by atoms with van der Waals surface area (Å²) < 4.78 is 13.5. The van der Waals surface area contributed by atoms with Gasteiger partial charge in [0.15, 0.2) is 5.58 Å². The van der Waals surface area contributed by atoms with Crippen molar-refractivity contribution in [2.75, 3.05) is 4.90 Å². The topological polar surface area (TPSA) is 29.5 Å². The van der Waals surface area contributed by atoms with Gasteiger partial charge in [-0.1, -0.05) is 142 Å². The Labute approximate surface area is 273 Å². The quantitative estimate of drug-likeness (QED) is 0.199. The van der Waals surface area contributed by atoms with Gasteiger partial charge in [0.1, 0.15) is 16.7 Å². The molecule has 2 heterocycles. The molecule has 0 aliphatic heterocycles. The van der Waals surface area contributed by atoms with Crippen LogP contribution in [0.25, 0.3) is 65.8 Å². The van der Waals surface area contributed by atoms with Gasteiger partial charge in [0.2, 0.25) is 0 Å². The number of fused-ring (bicyclic) bond motifs is 8. The first-order valence-electron chi connectivity index (χ1n) is 16.2. The smallest absolute Gasteiger partial charge is 0.159 e. The van der Waals surface area contributed by atoms with E-state index in [2.05, 4.69) is 159 Å². The molecule has 0 amide bonds. The maximum Gasteiger partial charge on any atom is 0.159 e. The highest BCUT2D eigenvalue weighted by Gasteiger charge is 2.27. The Bertz CT molecular complexity index is 2620. The van der Waals surface area contributed by atoms with Crippen molar-refractivity contribution in [2.24, 2.45) is 0 Å². The maximum atomic E-state index is 7.01. The number of hydrogen-bond donors (Lipinski definition) is 0. The molecule has 47 heavy (non-hydrogen) atoms. The molecule has 226 valence electrons. The van der Waals surface area contributed by atoms with E-state index in [1.54, 1.807) is 0 Å². The highest BCUT2D eigenvalue weighted by atomic mass is 16.3. The molecule has 0 fully saturated rings. The second-order valence-electron chi connectivity index (χ2n) is 13.3. The highest BCUT2D eigenvalue weighted by molar-refractivity contribution is 6.21. The SMILES string of the molecule is CC(C)(C)c1cccc2c1oc1c(N(c3ccccc3-c3ccccc3)c3cc4c5ccccc5oc4c4ccccc34)cccc12. The minimum absolute atomic E-state index is 0.0727. The summed E-state index contributed by atoms with van der Waals surface area (Å²) in [5.74, 6) is 0. The van der Waals surface area contributed by atoms with Crippen LogP contribution in [0.5, 0.6) is 0 Å². The Morgan fingerprint density at radius 3 is 1.83 bits per heavy atom. The van der Waals surface area contributed by atoms with Crippen LogP contribution in [0.15, 0.2) is 154 Å². The first kappa shape index (κ1) is 27.5. The lowest BCUT2D eigenvalue weighted by Crippen LogP contribution is -2.12. The van der Waals surface area contributed by atoms with Gasteiger partial charge in [-0.05, 0) is 35.2 Å². The van der Waals surface area contributed by atoms with E-state index in [0.29, 0.717) is 0 Å². The molecular weight excluding hydrogens is 574 g/mol. The number of furan rings is 2. The predicted molar refractivity (Wildman–Crippen MR) is 197 cm³/mol. The van der Waals surface area contributed by atoms with Gasteiger partial charge in [-0.2, -0.15) is 0 Å². The van der Waals surface area contributed by atoms with Crippen molar-refractivity contribution in [3.05, 3.63) is 151 Å². The molecule has 3 nitrogen and oxygen atoms in total. The normalized spacial score (nSPS) is 12.1. The molecule has 0 N–H and O–H groups in total. The Kier molecular flexibility index (Phi) is 6.07. The van der Waals surface area contributed by atoms with Gasteiger partial charge in [0.05, 0.1) is 17.1 Å². The Morgan fingerprint density at radius 2 is 1.02 bits per heavy atom. The van der Waals surface area contributed by atoms with E-state index in [0.717, 1.165) is 82.8 Å². The fraction of sp³-hybridized carbons (Fsp3) is 0.0909. The first-order valence-corrected chi connectivity index (χ1v) is 16.2. The Hall–Kier alpha value is -5.80. The molecule has 0 saturated heterocycles. The van der Waals surface area contributed by atoms with Crippen LogP contribution in [-0.4, -0.2) is 0 Å². The van der Waals surface area contributed by atoms with Crippen LogP contribution < -0.4 is 4.90 Å². The molecule has 0 bridgehead atoms. The lowest BCUT2D eigenvalue weighted by molar-refractivity contribution is 0.573. The van der Waals surface area contributed by atoms with Gasteiger partial charge in [0, 0.05) is 43.4 Å². The predicted octanol–water partition coefficient (Wildman–Crippen LogP) is 13.1. The second kappa shape index (κ2) is 10.4. The summed E-state index contributed by atoms with van der Waals surface area (Å²) in [5, 5.41) is 6.60. The first-order chi connectivity index (χ1) is 23.0. The number of hydrogen-bond acceptors (Lipinski definition) is 3. The van der Waals surface area contributed by atoms with Gasteiger partial charge in [-0.15, -0.1) is 0 Å². The van der Waals surface area contributed by atoms with E-state index in [1.165, 1.54) is 5.56 Å². The van der Waals surface area contributed by atoms with Crippen molar-refractivity contribution in [2.45, 2.75) is 26.2 Å². The Morgan fingerprint density at radius 1 is 0.426 bits per heavy atom. The number of rotatable bonds is 4. The van der Waals surface area contributed by atoms with Crippen LogP contribution >= 0.6 is 0 Å². The fourth-order valence-electron chi connectivity index (χ4n) is 7.20. The molecule has 0 spiro atoms. The van der Waals surface area contributed by atoms with E-state index in [1.807, 2.05) is 12.1 Å². The fourth-order valence-corrected chi connectivity index (χ4v) is 7.20. The molecule has 0 saturated carbocycles. The van der Waals surface area contributed by atoms with Crippen LogP contribution in [-0.2, 0) is 5.41 Å². The molecule has 9 aromatic rings. The monoisotopic (exact) mass is 607 g/mol. The summed E-state index contributed by atoms with van der Waals surface area (Å²) in [4.78, 5) is 2.40. The third-order valence-corrected chi connectivity index (χ3v) is 9.39. The number of nitrogens with zero attached hydrogens (tertiary/aromatic N) is 1. The summed E-state index contributed by atoms with van der Waals surface area (Å²) in [6.45, 7) is 6.73. The van der Waals surface area contributed by atoms with E-state index in [4.69, 9.17) is 8.83 Å². The molecule has 2 aromatic heterocycles. The summed E-state index contributed by atoms with van der Waals surface area (Å²) >= 11 is 0. The molecule has 0 radical (unpaired) electrons. The van der Waals surface area contributed by atoms with Crippen LogP contribution in [0.1, 0.15) is 26.3 Å². The highest BCUT2D eigenvalue weighted by Crippen LogP contribution is 2.49. The second-order valence-corrected chi connectivity index (χ2v) is 13.3. The average Bonchev–Trinajstić information content (AvgIpc) is 3.68. The van der Waals surface area contributed by atoms with E-state index >= 15 is 0 Å². The molecular formula is C44H33NO2. The van der Waals surface area contributed by atoms with Gasteiger partial charge in [0.25, 0.3) is 0 Å². The standard InChI is InChI=1S/C44H33NO2/c1-44(2,3)36-23-13-21-33-34-22-14-25-38(43(34)47-42(33)36)45(37-24-11-9-17-29(37)28-15-5-4-6-16-28)39-27-35-31-19-10-12-26-40(31)46-41(35)32-20-8-7-18-30(32)39/h4-27H,1-3H3. The summed E-state index contributed by atoms with van der Waals surface area (Å²) in [7, 11) is 0. The van der Waals surface area contributed by atoms with Crippen molar-refractivity contribution in [1.82, 2.24) is 0 Å². The molecule has 0 aliphatic rings. The number of benzene rings is 7. The zero-order valence-corrected chi connectivity index (χ0v) is 26.6. The molecule has 0 aliphatic carbocycles. The third-order valence-electron chi connectivity index (χ3n) is 9.39. The van der Waals surface area contributed by atoms with Gasteiger partial charge in [-0.25, -0.2) is 0 Å². The van der Waals surface area contributed by atoms with Gasteiger partial charge >= 0.3 is 0 Å². The lowest BCUT2D eigenvalue weighted by Gasteiger charge is -2.29. The molecule has 3 heteroatoms. The van der Waals surface area contributed by atoms with E-state index < -0.39 is 0 Å². The van der Waals surface area contributed by atoms with Crippen molar-refractivity contribution >= 4 is 71.7 Å².